The van der Waals surface area contributed by atoms with Crippen molar-refractivity contribution < 1.29 is 0 Å². The number of rotatable bonds is 7. The molecule has 3 aromatic heterocycles. The summed E-state index contributed by atoms with van der Waals surface area (Å²) in [6.45, 7) is 11.8. The van der Waals surface area contributed by atoms with Gasteiger partial charge in [0.15, 0.2) is 0 Å². The van der Waals surface area contributed by atoms with Crippen LogP contribution in [-0.4, -0.2) is 14.5 Å². The third kappa shape index (κ3) is 4.00. The van der Waals surface area contributed by atoms with Gasteiger partial charge < -0.3 is 9.88 Å². The van der Waals surface area contributed by atoms with Crippen molar-refractivity contribution in [3.63, 3.8) is 0 Å². The molecule has 4 heteroatoms. The summed E-state index contributed by atoms with van der Waals surface area (Å²) < 4.78 is 2.47. The summed E-state index contributed by atoms with van der Waals surface area (Å²) in [5.74, 6) is 0.775. The molecule has 1 aliphatic rings. The summed E-state index contributed by atoms with van der Waals surface area (Å²) in [6, 6.07) is 15.9. The molecule has 4 nitrogen and oxygen atoms in total. The van der Waals surface area contributed by atoms with Crippen LogP contribution in [0, 0.1) is 13.8 Å². The summed E-state index contributed by atoms with van der Waals surface area (Å²) in [6.07, 6.45) is 6.89. The van der Waals surface area contributed by atoms with E-state index in [1.807, 2.05) is 12.3 Å². The number of nitrogens with zero attached hydrogens (tertiary/aromatic N) is 3. The van der Waals surface area contributed by atoms with Gasteiger partial charge in [0.05, 0.1) is 22.4 Å². The van der Waals surface area contributed by atoms with E-state index in [-0.39, 0.29) is 0 Å². The zero-order valence-corrected chi connectivity index (χ0v) is 21.2. The van der Waals surface area contributed by atoms with E-state index < -0.39 is 0 Å². The lowest BCUT2D eigenvalue weighted by Crippen LogP contribution is -2.09. The number of hydrogen-bond donors (Lipinski definition) is 1. The minimum atomic E-state index is 0.362. The van der Waals surface area contributed by atoms with Gasteiger partial charge in [-0.25, -0.2) is 4.98 Å². The predicted molar refractivity (Wildman–Crippen MR) is 143 cm³/mol. The van der Waals surface area contributed by atoms with Crippen molar-refractivity contribution in [3.05, 3.63) is 76.7 Å². The van der Waals surface area contributed by atoms with E-state index in [0.29, 0.717) is 6.04 Å². The SMILES string of the molecule is CCc1c(C)c2nc(-c3cccnc3C)cc(NCc3ccc(C4CCC4)cc3)c2n1C(C)C. The first-order valence-electron chi connectivity index (χ1n) is 12.8. The van der Waals surface area contributed by atoms with Crippen molar-refractivity contribution >= 4 is 16.7 Å². The highest BCUT2D eigenvalue weighted by molar-refractivity contribution is 5.95. The molecule has 5 rings (SSSR count). The Balaban J connectivity index is 1.58. The van der Waals surface area contributed by atoms with Gasteiger partial charge in [-0.15, -0.1) is 0 Å². The zero-order valence-electron chi connectivity index (χ0n) is 21.2. The molecule has 176 valence electrons. The number of fused-ring (bicyclic) bond motifs is 1. The molecule has 0 aliphatic heterocycles. The molecule has 0 saturated heterocycles. The molecule has 0 amide bonds. The predicted octanol–water partition coefficient (Wildman–Crippen LogP) is 7.74. The van der Waals surface area contributed by atoms with Crippen molar-refractivity contribution in [2.45, 2.75) is 78.8 Å². The molecule has 1 aromatic carbocycles. The van der Waals surface area contributed by atoms with Crippen LogP contribution in [0.5, 0.6) is 0 Å². The van der Waals surface area contributed by atoms with E-state index in [9.17, 15) is 0 Å². The van der Waals surface area contributed by atoms with Crippen LogP contribution in [0.4, 0.5) is 5.69 Å². The fraction of sp³-hybridized carbons (Fsp3) is 0.400. The van der Waals surface area contributed by atoms with Crippen LogP contribution in [-0.2, 0) is 13.0 Å². The molecule has 1 saturated carbocycles. The lowest BCUT2D eigenvalue weighted by atomic mass is 9.80. The van der Waals surface area contributed by atoms with Crippen LogP contribution >= 0.6 is 0 Å². The van der Waals surface area contributed by atoms with Gasteiger partial charge in [-0.3, -0.25) is 4.98 Å². The molecule has 1 N–H and O–H groups in total. The van der Waals surface area contributed by atoms with Crippen LogP contribution in [0.25, 0.3) is 22.3 Å². The number of aromatic nitrogens is 3. The second-order valence-corrected chi connectivity index (χ2v) is 10.0. The molecule has 0 radical (unpaired) electrons. The monoisotopic (exact) mass is 452 g/mol. The maximum absolute atomic E-state index is 5.18. The normalized spacial score (nSPS) is 14.1. The Hall–Kier alpha value is -3.14. The number of aryl methyl sites for hydroxylation is 2. The molecule has 0 unspecified atom stereocenters. The van der Waals surface area contributed by atoms with Crippen LogP contribution < -0.4 is 5.32 Å². The van der Waals surface area contributed by atoms with Gasteiger partial charge >= 0.3 is 0 Å². The van der Waals surface area contributed by atoms with E-state index in [2.05, 4.69) is 85.9 Å². The lowest BCUT2D eigenvalue weighted by molar-refractivity contribution is 0.419. The van der Waals surface area contributed by atoms with Gasteiger partial charge in [0.1, 0.15) is 0 Å². The average Bonchev–Trinajstić information content (AvgIpc) is 3.09. The zero-order chi connectivity index (χ0) is 23.8. The Morgan fingerprint density at radius 3 is 2.47 bits per heavy atom. The highest BCUT2D eigenvalue weighted by Gasteiger charge is 2.22. The number of hydrogen-bond acceptors (Lipinski definition) is 3. The fourth-order valence-electron chi connectivity index (χ4n) is 5.38. The molecule has 4 aromatic rings. The van der Waals surface area contributed by atoms with Crippen molar-refractivity contribution in [3.8, 4) is 11.3 Å². The summed E-state index contributed by atoms with van der Waals surface area (Å²) in [5.41, 5.74) is 12.0. The first-order valence-corrected chi connectivity index (χ1v) is 12.8. The fourth-order valence-corrected chi connectivity index (χ4v) is 5.38. The largest absolute Gasteiger partial charge is 0.379 e. The van der Waals surface area contributed by atoms with E-state index in [0.717, 1.165) is 47.0 Å². The maximum Gasteiger partial charge on any atom is 0.0942 e. The number of benzene rings is 1. The van der Waals surface area contributed by atoms with Gasteiger partial charge in [-0.1, -0.05) is 37.6 Å². The Labute approximate surface area is 203 Å². The number of anilines is 1. The van der Waals surface area contributed by atoms with E-state index in [1.54, 1.807) is 0 Å². The van der Waals surface area contributed by atoms with Crippen molar-refractivity contribution in [1.82, 2.24) is 14.5 Å². The summed E-state index contributed by atoms with van der Waals surface area (Å²) in [4.78, 5) is 9.70. The number of pyridine rings is 2. The van der Waals surface area contributed by atoms with Crippen molar-refractivity contribution in [2.24, 2.45) is 0 Å². The van der Waals surface area contributed by atoms with Gasteiger partial charge in [-0.05, 0) is 87.8 Å². The van der Waals surface area contributed by atoms with Gasteiger partial charge in [0.2, 0.25) is 0 Å². The standard InChI is InChI=1S/C30H36N4/c1-6-28-20(4)29-30(34(28)19(2)3)27(17-26(33-29)25-11-8-16-31-21(25)5)32-18-22-12-14-24(15-13-22)23-9-7-10-23/h8,11-17,19,23H,6-7,9-10,18H2,1-5H3,(H,32,33). The molecule has 1 aliphatic carbocycles. The van der Waals surface area contributed by atoms with Crippen molar-refractivity contribution in [2.75, 3.05) is 5.32 Å². The average molecular weight is 453 g/mol. The molecule has 0 bridgehead atoms. The van der Waals surface area contributed by atoms with Crippen LogP contribution in [0.15, 0.2) is 48.7 Å². The Bertz CT molecular complexity index is 1310. The molecule has 0 spiro atoms. The second kappa shape index (κ2) is 9.25. The molecular weight excluding hydrogens is 416 g/mol. The third-order valence-corrected chi connectivity index (χ3v) is 7.49. The van der Waals surface area contributed by atoms with Crippen LogP contribution in [0.2, 0.25) is 0 Å². The third-order valence-electron chi connectivity index (χ3n) is 7.49. The highest BCUT2D eigenvalue weighted by Crippen LogP contribution is 2.38. The minimum absolute atomic E-state index is 0.362. The first kappa shape index (κ1) is 22.6. The Morgan fingerprint density at radius 1 is 1.09 bits per heavy atom. The Kier molecular flexibility index (Phi) is 6.16. The van der Waals surface area contributed by atoms with Gasteiger partial charge in [0, 0.05) is 35.7 Å². The second-order valence-electron chi connectivity index (χ2n) is 10.0. The Morgan fingerprint density at radius 2 is 1.85 bits per heavy atom. The molecule has 3 heterocycles. The van der Waals surface area contributed by atoms with E-state index >= 15 is 0 Å². The first-order chi connectivity index (χ1) is 16.5. The highest BCUT2D eigenvalue weighted by atomic mass is 15.1. The molecule has 0 atom stereocenters. The summed E-state index contributed by atoms with van der Waals surface area (Å²) in [7, 11) is 0. The summed E-state index contributed by atoms with van der Waals surface area (Å²) >= 11 is 0. The van der Waals surface area contributed by atoms with Crippen molar-refractivity contribution in [1.29, 1.82) is 0 Å². The summed E-state index contributed by atoms with van der Waals surface area (Å²) in [5, 5.41) is 3.79. The molecular formula is C30H36N4. The number of nitrogens with one attached hydrogen (secondary N) is 1. The van der Waals surface area contributed by atoms with Crippen LogP contribution in [0.3, 0.4) is 0 Å². The van der Waals surface area contributed by atoms with Gasteiger partial charge in [0.25, 0.3) is 0 Å². The van der Waals surface area contributed by atoms with E-state index in [4.69, 9.17) is 4.98 Å². The lowest BCUT2D eigenvalue weighted by Gasteiger charge is -2.25. The molecule has 34 heavy (non-hydrogen) atoms. The van der Waals surface area contributed by atoms with Crippen LogP contribution in [0.1, 0.15) is 80.1 Å². The maximum atomic E-state index is 5.18. The van der Waals surface area contributed by atoms with Gasteiger partial charge in [-0.2, -0.15) is 0 Å². The topological polar surface area (TPSA) is 42.7 Å². The minimum Gasteiger partial charge on any atom is -0.379 e. The quantitative estimate of drug-likeness (QED) is 0.312. The smallest absolute Gasteiger partial charge is 0.0942 e. The molecule has 1 fully saturated rings. The van der Waals surface area contributed by atoms with E-state index in [1.165, 1.54) is 47.2 Å².